The monoisotopic (exact) mass is 450 g/mol. The van der Waals surface area contributed by atoms with E-state index >= 15 is 0 Å². The average molecular weight is 451 g/mol. The van der Waals surface area contributed by atoms with Gasteiger partial charge in [-0.2, -0.15) is 0 Å². The van der Waals surface area contributed by atoms with Gasteiger partial charge in [-0.1, -0.05) is 6.07 Å². The molecule has 1 aromatic carbocycles. The largest absolute Gasteiger partial charge is 0.386 e. The number of aliphatic hydroxyl groups is 1. The topological polar surface area (TPSA) is 92.8 Å². The number of carbonyl (C=O) groups is 1. The molecule has 0 fully saturated rings. The summed E-state index contributed by atoms with van der Waals surface area (Å²) in [7, 11) is -3.74. The number of halogens is 1. The molecule has 0 radical (unpaired) electrons. The fourth-order valence-corrected chi connectivity index (χ4v) is 7.59. The van der Waals surface area contributed by atoms with E-state index in [1.54, 1.807) is 6.92 Å². The normalized spacial score (nSPS) is 17.5. The minimum absolute atomic E-state index is 0.0435. The molecule has 1 amide bonds. The summed E-state index contributed by atoms with van der Waals surface area (Å²) in [5.74, 6) is -1.43. The van der Waals surface area contributed by atoms with Crippen molar-refractivity contribution in [2.75, 3.05) is 0 Å². The lowest BCUT2D eigenvalue weighted by Crippen LogP contribution is -2.20. The molecule has 1 unspecified atom stereocenters. The molecule has 162 valence electrons. The maximum atomic E-state index is 14.9. The van der Waals surface area contributed by atoms with Crippen LogP contribution in [0.5, 0.6) is 0 Å². The molecule has 2 aromatic rings. The molecule has 0 aliphatic heterocycles. The Kier molecular flexibility index (Phi) is 5.41. The standard InChI is InChI=1S/C22H27FN2O3S2/c1-12-19(22(2,3)27)20(23)21(29-12)30(24,28)25-18(26)11-17-15-8-4-6-13(15)10-14-7-5-9-16(14)17/h10,27H,4-9,11H2,1-3H3,(H2,24,25,26,28). The number of rotatable bonds is 4. The minimum Gasteiger partial charge on any atom is -0.386 e. The number of benzene rings is 1. The van der Waals surface area contributed by atoms with E-state index in [1.165, 1.54) is 36.1 Å². The van der Waals surface area contributed by atoms with Crippen LogP contribution in [0.25, 0.3) is 0 Å². The van der Waals surface area contributed by atoms with Gasteiger partial charge in [-0.25, -0.2) is 13.7 Å². The number of carbonyl (C=O) groups excluding carboxylic acids is 1. The Labute approximate surface area is 180 Å². The Morgan fingerprint density at radius 1 is 1.23 bits per heavy atom. The molecule has 5 nitrogen and oxygen atoms in total. The highest BCUT2D eigenvalue weighted by Crippen LogP contribution is 2.38. The molecule has 2 aliphatic rings. The summed E-state index contributed by atoms with van der Waals surface area (Å²) in [4.78, 5) is 13.3. The zero-order valence-electron chi connectivity index (χ0n) is 17.5. The molecule has 2 aliphatic carbocycles. The average Bonchev–Trinajstić information content (AvgIpc) is 3.31. The van der Waals surface area contributed by atoms with E-state index < -0.39 is 27.2 Å². The molecule has 0 saturated carbocycles. The van der Waals surface area contributed by atoms with Crippen molar-refractivity contribution in [3.05, 3.63) is 50.1 Å². The fraction of sp³-hybridized carbons (Fsp3) is 0.500. The van der Waals surface area contributed by atoms with Gasteiger partial charge in [0.05, 0.1) is 12.0 Å². The number of nitrogens with zero attached hydrogens (tertiary/aromatic N) is 1. The third-order valence-electron chi connectivity index (χ3n) is 6.04. The van der Waals surface area contributed by atoms with E-state index in [4.69, 9.17) is 5.14 Å². The van der Waals surface area contributed by atoms with Crippen molar-refractivity contribution >= 4 is 27.2 Å². The van der Waals surface area contributed by atoms with Gasteiger partial charge >= 0.3 is 0 Å². The Hall–Kier alpha value is -1.61. The number of nitrogens with two attached hydrogens (primary N) is 1. The van der Waals surface area contributed by atoms with E-state index in [-0.39, 0.29) is 16.2 Å². The van der Waals surface area contributed by atoms with Gasteiger partial charge in [0, 0.05) is 10.4 Å². The molecule has 8 heteroatoms. The van der Waals surface area contributed by atoms with Crippen LogP contribution in [-0.4, -0.2) is 15.2 Å². The lowest BCUT2D eigenvalue weighted by Gasteiger charge is -2.17. The number of fused-ring (bicyclic) bond motifs is 2. The van der Waals surface area contributed by atoms with Crippen LogP contribution in [0.4, 0.5) is 4.39 Å². The van der Waals surface area contributed by atoms with Crippen molar-refractivity contribution in [2.24, 2.45) is 9.50 Å². The van der Waals surface area contributed by atoms with Crippen LogP contribution in [0.2, 0.25) is 0 Å². The molecule has 3 N–H and O–H groups in total. The number of hydrogen-bond donors (Lipinski definition) is 2. The first-order valence-corrected chi connectivity index (χ1v) is 12.6. The van der Waals surface area contributed by atoms with E-state index in [0.717, 1.165) is 55.4 Å². The summed E-state index contributed by atoms with van der Waals surface area (Å²) in [6.45, 7) is 4.52. The van der Waals surface area contributed by atoms with Crippen LogP contribution in [0, 0.1) is 12.7 Å². The third kappa shape index (κ3) is 3.75. The molecular formula is C22H27FN2O3S2. The van der Waals surface area contributed by atoms with Crippen molar-refractivity contribution < 1.29 is 18.5 Å². The lowest BCUT2D eigenvalue weighted by molar-refractivity contribution is -0.117. The van der Waals surface area contributed by atoms with E-state index in [1.807, 2.05) is 0 Å². The molecule has 0 spiro atoms. The molecule has 30 heavy (non-hydrogen) atoms. The van der Waals surface area contributed by atoms with Crippen molar-refractivity contribution in [3.8, 4) is 0 Å². The SMILES string of the molecule is Cc1sc(S(N)(=O)=NC(=O)Cc2c3c(cc4c2CCC4)CCC3)c(F)c1C(C)(C)O. The molecule has 1 atom stereocenters. The van der Waals surface area contributed by atoms with E-state index in [2.05, 4.69) is 10.4 Å². The predicted octanol–water partition coefficient (Wildman–Crippen LogP) is 3.87. The van der Waals surface area contributed by atoms with Gasteiger partial charge in [0.2, 0.25) is 0 Å². The second-order valence-corrected chi connectivity index (χ2v) is 12.0. The second kappa shape index (κ2) is 7.51. The van der Waals surface area contributed by atoms with Gasteiger partial charge in [-0.3, -0.25) is 4.79 Å². The number of thiophene rings is 1. The first kappa shape index (κ1) is 21.6. The highest BCUT2D eigenvalue weighted by molar-refractivity contribution is 7.93. The highest BCUT2D eigenvalue weighted by Gasteiger charge is 2.32. The van der Waals surface area contributed by atoms with Crippen molar-refractivity contribution in [3.63, 3.8) is 0 Å². The third-order valence-corrected chi connectivity index (χ3v) is 9.06. The molecular weight excluding hydrogens is 423 g/mol. The Morgan fingerprint density at radius 3 is 2.30 bits per heavy atom. The van der Waals surface area contributed by atoms with Crippen LogP contribution < -0.4 is 5.14 Å². The van der Waals surface area contributed by atoms with Crippen LogP contribution in [-0.2, 0) is 52.4 Å². The minimum atomic E-state index is -3.74. The first-order chi connectivity index (χ1) is 14.0. The van der Waals surface area contributed by atoms with Gasteiger partial charge in [0.25, 0.3) is 5.91 Å². The van der Waals surface area contributed by atoms with Gasteiger partial charge in [0.15, 0.2) is 19.9 Å². The number of hydrogen-bond acceptors (Lipinski definition) is 4. The van der Waals surface area contributed by atoms with Crippen LogP contribution in [0.15, 0.2) is 14.6 Å². The van der Waals surface area contributed by atoms with E-state index in [0.29, 0.717) is 4.88 Å². The van der Waals surface area contributed by atoms with Crippen LogP contribution in [0.1, 0.15) is 64.9 Å². The summed E-state index contributed by atoms with van der Waals surface area (Å²) < 4.78 is 31.5. The van der Waals surface area contributed by atoms with Gasteiger partial charge < -0.3 is 5.11 Å². The Balaban J connectivity index is 1.71. The maximum absolute atomic E-state index is 14.9. The Bertz CT molecular complexity index is 1140. The van der Waals surface area contributed by atoms with Crippen LogP contribution in [0.3, 0.4) is 0 Å². The maximum Gasteiger partial charge on any atom is 0.259 e. The predicted molar refractivity (Wildman–Crippen MR) is 116 cm³/mol. The first-order valence-electron chi connectivity index (χ1n) is 10.2. The number of amides is 1. The Morgan fingerprint density at radius 2 is 1.80 bits per heavy atom. The van der Waals surface area contributed by atoms with Gasteiger partial charge in [-0.15, -0.1) is 15.7 Å². The highest BCUT2D eigenvalue weighted by atomic mass is 32.2. The van der Waals surface area contributed by atoms with Crippen molar-refractivity contribution in [1.82, 2.24) is 0 Å². The molecule has 1 heterocycles. The molecule has 0 saturated heterocycles. The fourth-order valence-electron chi connectivity index (χ4n) is 4.90. The van der Waals surface area contributed by atoms with Gasteiger partial charge in [-0.05, 0) is 87.1 Å². The summed E-state index contributed by atoms with van der Waals surface area (Å²) in [5, 5.41) is 16.1. The smallest absolute Gasteiger partial charge is 0.259 e. The second-order valence-electron chi connectivity index (χ2n) is 8.76. The summed E-state index contributed by atoms with van der Waals surface area (Å²) >= 11 is 0.882. The molecule has 4 rings (SSSR count). The zero-order chi connectivity index (χ0) is 21.8. The summed E-state index contributed by atoms with van der Waals surface area (Å²) in [5.41, 5.74) is 4.68. The van der Waals surface area contributed by atoms with E-state index in [9.17, 15) is 18.5 Å². The quantitative estimate of drug-likeness (QED) is 0.741. The number of aryl methyl sites for hydroxylation is 3. The molecule has 1 aromatic heterocycles. The van der Waals surface area contributed by atoms with Crippen LogP contribution >= 0.6 is 11.3 Å². The van der Waals surface area contributed by atoms with Crippen molar-refractivity contribution in [1.29, 1.82) is 0 Å². The van der Waals surface area contributed by atoms with Gasteiger partial charge in [0.1, 0.15) is 0 Å². The molecule has 0 bridgehead atoms. The lowest BCUT2D eigenvalue weighted by atomic mass is 9.92. The van der Waals surface area contributed by atoms with Crippen molar-refractivity contribution in [2.45, 2.75) is 75.5 Å². The summed E-state index contributed by atoms with van der Waals surface area (Å²) in [6, 6.07) is 2.28. The summed E-state index contributed by atoms with van der Waals surface area (Å²) in [6.07, 6.45) is 6.12. The zero-order valence-corrected chi connectivity index (χ0v) is 19.1.